The first kappa shape index (κ1) is 19.8. The molecule has 0 radical (unpaired) electrons. The summed E-state index contributed by atoms with van der Waals surface area (Å²) in [6.07, 6.45) is 3.26. The maximum absolute atomic E-state index is 5.98. The van der Waals surface area contributed by atoms with Crippen LogP contribution in [-0.2, 0) is 9.47 Å². The summed E-state index contributed by atoms with van der Waals surface area (Å²) >= 11 is 0. The van der Waals surface area contributed by atoms with Crippen molar-refractivity contribution in [1.29, 1.82) is 0 Å². The predicted octanol–water partition coefficient (Wildman–Crippen LogP) is 4.97. The van der Waals surface area contributed by atoms with Gasteiger partial charge in [0, 0.05) is 24.8 Å². The molecule has 1 aliphatic carbocycles. The zero-order valence-electron chi connectivity index (χ0n) is 16.5. The van der Waals surface area contributed by atoms with E-state index in [1.165, 1.54) is 0 Å². The fourth-order valence-electron chi connectivity index (χ4n) is 2.59. The normalized spacial score (nSPS) is 20.4. The van der Waals surface area contributed by atoms with Crippen molar-refractivity contribution in [3.8, 4) is 17.6 Å². The van der Waals surface area contributed by atoms with Crippen LogP contribution >= 0.6 is 0 Å². The lowest BCUT2D eigenvalue weighted by atomic mass is 9.91. The van der Waals surface area contributed by atoms with E-state index in [0.717, 1.165) is 30.6 Å². The summed E-state index contributed by atoms with van der Waals surface area (Å²) in [6, 6.07) is 8.00. The molecule has 3 nitrogen and oxygen atoms in total. The van der Waals surface area contributed by atoms with Crippen molar-refractivity contribution < 1.29 is 14.2 Å². The van der Waals surface area contributed by atoms with Crippen LogP contribution in [0.5, 0.6) is 5.75 Å². The molecule has 0 bridgehead atoms. The lowest BCUT2D eigenvalue weighted by Gasteiger charge is -2.39. The minimum absolute atomic E-state index is 0.0755. The minimum atomic E-state index is -0.0981. The summed E-state index contributed by atoms with van der Waals surface area (Å²) in [6.45, 7) is 13.1. The molecule has 0 atom stereocenters. The van der Waals surface area contributed by atoms with Gasteiger partial charge in [0.05, 0.1) is 23.9 Å². The monoisotopic (exact) mass is 344 g/mol. The molecule has 0 aromatic heterocycles. The van der Waals surface area contributed by atoms with Crippen LogP contribution in [0.15, 0.2) is 24.3 Å². The molecule has 138 valence electrons. The Balaban J connectivity index is 1.71. The second-order valence-electron chi connectivity index (χ2n) is 8.60. The standard InChI is InChI=1S/C22H32O3/c1-21(2,3)23-14-8-7-9-17-10-12-18(13-11-17)24-19-15-20(16-19)25-22(4,5)6/h10-13,19-20H,8,14-16H2,1-6H3. The third kappa shape index (κ3) is 7.94. The Morgan fingerprint density at radius 2 is 1.56 bits per heavy atom. The van der Waals surface area contributed by atoms with Crippen LogP contribution in [0.3, 0.4) is 0 Å². The SMILES string of the molecule is CC(C)(C)OCCC#Cc1ccc(OC2CC(OC(C)(C)C)C2)cc1. The molecule has 25 heavy (non-hydrogen) atoms. The highest BCUT2D eigenvalue weighted by Gasteiger charge is 2.34. The van der Waals surface area contributed by atoms with Crippen molar-refractivity contribution in [2.24, 2.45) is 0 Å². The third-order valence-electron chi connectivity index (χ3n) is 3.72. The Kier molecular flexibility index (Phi) is 6.54. The van der Waals surface area contributed by atoms with Gasteiger partial charge in [0.1, 0.15) is 11.9 Å². The van der Waals surface area contributed by atoms with Gasteiger partial charge in [0.15, 0.2) is 0 Å². The van der Waals surface area contributed by atoms with E-state index in [2.05, 4.69) is 53.4 Å². The Bertz CT molecular complexity index is 587. The van der Waals surface area contributed by atoms with Gasteiger partial charge in [-0.15, -0.1) is 0 Å². The molecule has 1 aliphatic rings. The third-order valence-corrected chi connectivity index (χ3v) is 3.72. The van der Waals surface area contributed by atoms with Gasteiger partial charge < -0.3 is 14.2 Å². The molecule has 0 amide bonds. The first-order valence-electron chi connectivity index (χ1n) is 9.18. The molecule has 1 aromatic rings. The Labute approximate surface area is 153 Å². The molecule has 0 saturated heterocycles. The van der Waals surface area contributed by atoms with Crippen molar-refractivity contribution in [3.05, 3.63) is 29.8 Å². The van der Waals surface area contributed by atoms with Crippen LogP contribution in [0.25, 0.3) is 0 Å². The van der Waals surface area contributed by atoms with Crippen molar-refractivity contribution in [2.45, 2.75) is 84.2 Å². The van der Waals surface area contributed by atoms with E-state index in [-0.39, 0.29) is 17.3 Å². The summed E-state index contributed by atoms with van der Waals surface area (Å²) in [5.41, 5.74) is 0.832. The molecule has 0 spiro atoms. The number of ether oxygens (including phenoxy) is 3. The summed E-state index contributed by atoms with van der Waals surface area (Å²) < 4.78 is 17.6. The predicted molar refractivity (Wildman–Crippen MR) is 102 cm³/mol. The van der Waals surface area contributed by atoms with Gasteiger partial charge in [-0.05, 0) is 65.8 Å². The molecular formula is C22H32O3. The highest BCUT2D eigenvalue weighted by molar-refractivity contribution is 5.38. The Morgan fingerprint density at radius 3 is 2.12 bits per heavy atom. The fraction of sp³-hybridized carbons (Fsp3) is 0.636. The molecule has 3 heteroatoms. The fourth-order valence-corrected chi connectivity index (χ4v) is 2.59. The molecule has 1 aromatic carbocycles. The molecular weight excluding hydrogens is 312 g/mol. The van der Waals surface area contributed by atoms with E-state index < -0.39 is 0 Å². The van der Waals surface area contributed by atoms with Gasteiger partial charge in [0.2, 0.25) is 0 Å². The average Bonchev–Trinajstić information content (AvgIpc) is 2.44. The maximum atomic E-state index is 5.98. The maximum Gasteiger partial charge on any atom is 0.119 e. The zero-order chi connectivity index (χ0) is 18.5. The molecule has 0 heterocycles. The van der Waals surface area contributed by atoms with Crippen LogP contribution in [-0.4, -0.2) is 30.0 Å². The summed E-state index contributed by atoms with van der Waals surface area (Å²) in [5.74, 6) is 7.22. The second-order valence-corrected chi connectivity index (χ2v) is 8.60. The van der Waals surface area contributed by atoms with Crippen LogP contribution in [0.4, 0.5) is 0 Å². The van der Waals surface area contributed by atoms with Gasteiger partial charge in [-0.25, -0.2) is 0 Å². The van der Waals surface area contributed by atoms with E-state index in [9.17, 15) is 0 Å². The topological polar surface area (TPSA) is 27.7 Å². The average molecular weight is 344 g/mol. The highest BCUT2D eigenvalue weighted by atomic mass is 16.5. The number of rotatable bonds is 5. The van der Waals surface area contributed by atoms with Crippen molar-refractivity contribution in [2.75, 3.05) is 6.61 Å². The molecule has 2 rings (SSSR count). The smallest absolute Gasteiger partial charge is 0.119 e. The van der Waals surface area contributed by atoms with Crippen molar-refractivity contribution >= 4 is 0 Å². The van der Waals surface area contributed by atoms with Crippen LogP contribution in [0.2, 0.25) is 0 Å². The number of hydrogen-bond acceptors (Lipinski definition) is 3. The summed E-state index contributed by atoms with van der Waals surface area (Å²) in [4.78, 5) is 0. The Morgan fingerprint density at radius 1 is 0.920 bits per heavy atom. The van der Waals surface area contributed by atoms with Crippen LogP contribution < -0.4 is 4.74 Å². The van der Waals surface area contributed by atoms with Crippen molar-refractivity contribution in [1.82, 2.24) is 0 Å². The molecule has 0 aliphatic heterocycles. The van der Waals surface area contributed by atoms with Crippen LogP contribution in [0, 0.1) is 11.8 Å². The molecule has 1 saturated carbocycles. The van der Waals surface area contributed by atoms with E-state index in [1.807, 2.05) is 24.3 Å². The molecule has 0 N–H and O–H groups in total. The number of hydrogen-bond donors (Lipinski definition) is 0. The summed E-state index contributed by atoms with van der Waals surface area (Å²) in [5, 5.41) is 0. The first-order valence-corrected chi connectivity index (χ1v) is 9.18. The van der Waals surface area contributed by atoms with E-state index >= 15 is 0 Å². The number of benzene rings is 1. The summed E-state index contributed by atoms with van der Waals surface area (Å²) in [7, 11) is 0. The Hall–Kier alpha value is -1.50. The molecule has 0 unspecified atom stereocenters. The molecule has 1 fully saturated rings. The minimum Gasteiger partial charge on any atom is -0.490 e. The second kappa shape index (κ2) is 8.25. The van der Waals surface area contributed by atoms with Crippen LogP contribution in [0.1, 0.15) is 66.4 Å². The van der Waals surface area contributed by atoms with Crippen molar-refractivity contribution in [3.63, 3.8) is 0 Å². The lowest BCUT2D eigenvalue weighted by molar-refractivity contribution is -0.126. The quantitative estimate of drug-likeness (QED) is 0.558. The van der Waals surface area contributed by atoms with Gasteiger partial charge in [-0.3, -0.25) is 0 Å². The zero-order valence-corrected chi connectivity index (χ0v) is 16.5. The van der Waals surface area contributed by atoms with Gasteiger partial charge in [0.25, 0.3) is 0 Å². The van der Waals surface area contributed by atoms with E-state index in [4.69, 9.17) is 14.2 Å². The van der Waals surface area contributed by atoms with E-state index in [0.29, 0.717) is 12.7 Å². The largest absolute Gasteiger partial charge is 0.490 e. The highest BCUT2D eigenvalue weighted by Crippen LogP contribution is 2.31. The van der Waals surface area contributed by atoms with Gasteiger partial charge in [-0.1, -0.05) is 11.8 Å². The lowest BCUT2D eigenvalue weighted by Crippen LogP contribution is -2.43. The van der Waals surface area contributed by atoms with Gasteiger partial charge >= 0.3 is 0 Å². The first-order chi connectivity index (χ1) is 11.6. The van der Waals surface area contributed by atoms with Gasteiger partial charge in [-0.2, -0.15) is 0 Å². The van der Waals surface area contributed by atoms with E-state index in [1.54, 1.807) is 0 Å².